The summed E-state index contributed by atoms with van der Waals surface area (Å²) in [7, 11) is 0. The van der Waals surface area contributed by atoms with Crippen LogP contribution in [0.4, 0.5) is 10.7 Å². The molecule has 0 aliphatic carbocycles. The van der Waals surface area contributed by atoms with Gasteiger partial charge in [0.1, 0.15) is 0 Å². The predicted molar refractivity (Wildman–Crippen MR) is 118 cm³/mol. The highest BCUT2D eigenvalue weighted by Gasteiger charge is 2.23. The quantitative estimate of drug-likeness (QED) is 0.631. The first kappa shape index (κ1) is 22.0. The van der Waals surface area contributed by atoms with Gasteiger partial charge in [0.25, 0.3) is 5.91 Å². The Labute approximate surface area is 172 Å². The van der Waals surface area contributed by atoms with Gasteiger partial charge in [0.15, 0.2) is 0 Å². The molecule has 0 fully saturated rings. The van der Waals surface area contributed by atoms with E-state index in [1.807, 2.05) is 52.0 Å². The van der Waals surface area contributed by atoms with Gasteiger partial charge >= 0.3 is 0 Å². The summed E-state index contributed by atoms with van der Waals surface area (Å²) >= 11 is 1.32. The molecule has 2 aromatic rings. The maximum Gasteiger partial charge on any atom is 0.261 e. The van der Waals surface area contributed by atoms with Crippen LogP contribution in [0.3, 0.4) is 0 Å². The average molecular weight is 402 g/mol. The molecule has 0 spiro atoms. The van der Waals surface area contributed by atoms with Crippen molar-refractivity contribution in [3.8, 4) is 0 Å². The third-order valence-electron chi connectivity index (χ3n) is 4.44. The van der Waals surface area contributed by atoms with E-state index >= 15 is 0 Å². The number of amides is 2. The molecule has 1 heterocycles. The Bertz CT molecular complexity index is 794. The summed E-state index contributed by atoms with van der Waals surface area (Å²) in [5, 5.41) is 6.61. The van der Waals surface area contributed by atoms with E-state index in [4.69, 9.17) is 0 Å². The summed E-state index contributed by atoms with van der Waals surface area (Å²) in [4.78, 5) is 27.6. The number of benzene rings is 1. The molecule has 0 saturated carbocycles. The zero-order valence-electron chi connectivity index (χ0n) is 17.5. The topological polar surface area (TPSA) is 61.4 Å². The van der Waals surface area contributed by atoms with Gasteiger partial charge in [-0.2, -0.15) is 0 Å². The van der Waals surface area contributed by atoms with Crippen molar-refractivity contribution in [2.45, 2.75) is 41.0 Å². The molecule has 2 N–H and O–H groups in total. The van der Waals surface area contributed by atoms with Gasteiger partial charge in [-0.05, 0) is 44.0 Å². The Balaban J connectivity index is 1.85. The normalized spacial score (nSPS) is 11.2. The van der Waals surface area contributed by atoms with Crippen molar-refractivity contribution in [3.63, 3.8) is 0 Å². The lowest BCUT2D eigenvalue weighted by Gasteiger charge is -2.23. The van der Waals surface area contributed by atoms with Crippen molar-refractivity contribution < 1.29 is 9.59 Å². The number of hydrogen-bond donors (Lipinski definition) is 2. The van der Waals surface area contributed by atoms with Gasteiger partial charge in [-0.1, -0.05) is 39.0 Å². The van der Waals surface area contributed by atoms with Gasteiger partial charge in [0.2, 0.25) is 5.91 Å². The molecule has 1 aromatic heterocycles. The summed E-state index contributed by atoms with van der Waals surface area (Å²) in [6, 6.07) is 12.1. The summed E-state index contributed by atoms with van der Waals surface area (Å²) in [6.45, 7) is 12.1. The molecule has 0 saturated heterocycles. The molecule has 0 aliphatic heterocycles. The summed E-state index contributed by atoms with van der Waals surface area (Å²) in [6.07, 6.45) is 0.868. The number of nitrogens with zero attached hydrogens (tertiary/aromatic N) is 1. The first-order valence-electron chi connectivity index (χ1n) is 9.72. The van der Waals surface area contributed by atoms with Crippen LogP contribution in [0.25, 0.3) is 0 Å². The molecule has 0 bridgehead atoms. The Kier molecular flexibility index (Phi) is 7.63. The minimum atomic E-state index is -0.468. The SMILES string of the molecule is CCN(CCCNC(=O)c1sc(NC(=O)C(C)(C)C)cc1C)c1ccccc1. The molecular formula is C22H31N3O2S. The maximum absolute atomic E-state index is 12.5. The lowest BCUT2D eigenvalue weighted by Crippen LogP contribution is -2.29. The van der Waals surface area contributed by atoms with Gasteiger partial charge in [0.05, 0.1) is 9.88 Å². The largest absolute Gasteiger partial charge is 0.372 e. The van der Waals surface area contributed by atoms with Crippen LogP contribution in [0.1, 0.15) is 49.4 Å². The zero-order valence-corrected chi connectivity index (χ0v) is 18.3. The van der Waals surface area contributed by atoms with Gasteiger partial charge in [0, 0.05) is 30.7 Å². The first-order valence-corrected chi connectivity index (χ1v) is 10.5. The van der Waals surface area contributed by atoms with E-state index in [9.17, 15) is 9.59 Å². The molecule has 2 amide bonds. The highest BCUT2D eigenvalue weighted by Crippen LogP contribution is 2.28. The van der Waals surface area contributed by atoms with Crippen LogP contribution in [0.2, 0.25) is 0 Å². The van der Waals surface area contributed by atoms with E-state index in [0.717, 1.165) is 25.1 Å². The van der Waals surface area contributed by atoms with Crippen LogP contribution in [0, 0.1) is 12.3 Å². The number of carbonyl (C=O) groups excluding carboxylic acids is 2. The van der Waals surface area contributed by atoms with E-state index in [-0.39, 0.29) is 11.8 Å². The minimum absolute atomic E-state index is 0.0544. The lowest BCUT2D eigenvalue weighted by molar-refractivity contribution is -0.123. The minimum Gasteiger partial charge on any atom is -0.372 e. The number of hydrogen-bond acceptors (Lipinski definition) is 4. The number of aryl methyl sites for hydroxylation is 1. The second-order valence-corrected chi connectivity index (χ2v) is 8.90. The summed E-state index contributed by atoms with van der Waals surface area (Å²) in [5.74, 6) is -0.136. The van der Waals surface area contributed by atoms with Crippen molar-refractivity contribution in [2.24, 2.45) is 5.41 Å². The fraction of sp³-hybridized carbons (Fsp3) is 0.455. The molecule has 0 unspecified atom stereocenters. The number of nitrogens with one attached hydrogen (secondary N) is 2. The second kappa shape index (κ2) is 9.73. The standard InChI is InChI=1S/C22H31N3O2S/c1-6-25(17-11-8-7-9-12-17)14-10-13-23-20(26)19-16(2)15-18(28-19)24-21(27)22(3,4)5/h7-9,11-12,15H,6,10,13-14H2,1-5H3,(H,23,26)(H,24,27). The van der Waals surface area contributed by atoms with Crippen molar-refractivity contribution in [1.29, 1.82) is 0 Å². The van der Waals surface area contributed by atoms with Crippen molar-refractivity contribution in [1.82, 2.24) is 5.32 Å². The zero-order chi connectivity index (χ0) is 20.7. The van der Waals surface area contributed by atoms with Crippen LogP contribution in [0.15, 0.2) is 36.4 Å². The van der Waals surface area contributed by atoms with E-state index in [1.165, 1.54) is 17.0 Å². The monoisotopic (exact) mass is 401 g/mol. The molecule has 6 heteroatoms. The van der Waals surface area contributed by atoms with Gasteiger partial charge < -0.3 is 15.5 Å². The molecule has 0 radical (unpaired) electrons. The summed E-state index contributed by atoms with van der Waals surface area (Å²) < 4.78 is 0. The molecule has 5 nitrogen and oxygen atoms in total. The predicted octanol–water partition coefficient (Wildman–Crippen LogP) is 4.69. The number of anilines is 2. The Hall–Kier alpha value is -2.34. The molecule has 1 aromatic carbocycles. The summed E-state index contributed by atoms with van der Waals surface area (Å²) in [5.41, 5.74) is 1.61. The molecule has 0 atom stereocenters. The average Bonchev–Trinajstić information content (AvgIpc) is 3.02. The first-order chi connectivity index (χ1) is 13.2. The second-order valence-electron chi connectivity index (χ2n) is 7.85. The number of thiophene rings is 1. The van der Waals surface area contributed by atoms with Gasteiger partial charge in [-0.15, -0.1) is 11.3 Å². The van der Waals surface area contributed by atoms with Gasteiger partial charge in [-0.25, -0.2) is 0 Å². The Morgan fingerprint density at radius 1 is 1.14 bits per heavy atom. The fourth-order valence-corrected chi connectivity index (χ4v) is 3.71. The third kappa shape index (κ3) is 6.09. The number of rotatable bonds is 8. The highest BCUT2D eigenvalue weighted by molar-refractivity contribution is 7.18. The van der Waals surface area contributed by atoms with Crippen molar-refractivity contribution in [2.75, 3.05) is 29.9 Å². The van der Waals surface area contributed by atoms with Crippen LogP contribution < -0.4 is 15.5 Å². The van der Waals surface area contributed by atoms with E-state index < -0.39 is 5.41 Å². The maximum atomic E-state index is 12.5. The van der Waals surface area contributed by atoms with Crippen LogP contribution in [0.5, 0.6) is 0 Å². The number of para-hydroxylation sites is 1. The smallest absolute Gasteiger partial charge is 0.261 e. The third-order valence-corrected chi connectivity index (χ3v) is 5.59. The van der Waals surface area contributed by atoms with E-state index in [1.54, 1.807) is 0 Å². The molecule has 152 valence electrons. The van der Waals surface area contributed by atoms with Crippen LogP contribution in [-0.4, -0.2) is 31.4 Å². The van der Waals surface area contributed by atoms with Crippen LogP contribution in [-0.2, 0) is 4.79 Å². The van der Waals surface area contributed by atoms with Crippen molar-refractivity contribution >= 4 is 33.8 Å². The molecule has 2 rings (SSSR count). The Morgan fingerprint density at radius 3 is 2.43 bits per heavy atom. The molecule has 0 aliphatic rings. The lowest BCUT2D eigenvalue weighted by atomic mass is 9.96. The highest BCUT2D eigenvalue weighted by atomic mass is 32.1. The molecule has 28 heavy (non-hydrogen) atoms. The fourth-order valence-electron chi connectivity index (χ4n) is 2.73. The molecular weight excluding hydrogens is 370 g/mol. The van der Waals surface area contributed by atoms with Gasteiger partial charge in [-0.3, -0.25) is 9.59 Å². The Morgan fingerprint density at radius 2 is 1.82 bits per heavy atom. The van der Waals surface area contributed by atoms with Crippen molar-refractivity contribution in [3.05, 3.63) is 46.8 Å². The van der Waals surface area contributed by atoms with Crippen LogP contribution >= 0.6 is 11.3 Å². The van der Waals surface area contributed by atoms with E-state index in [2.05, 4.69) is 34.6 Å². The van der Waals surface area contributed by atoms with E-state index in [0.29, 0.717) is 16.4 Å². The number of carbonyl (C=O) groups is 2.